The number of fused-ring (bicyclic) bond motifs is 1. The number of nitrogens with zero attached hydrogens (tertiary/aromatic N) is 1. The van der Waals surface area contributed by atoms with Crippen LogP contribution in [0.2, 0.25) is 5.02 Å². The van der Waals surface area contributed by atoms with E-state index in [1.807, 2.05) is 29.7 Å². The van der Waals surface area contributed by atoms with Gasteiger partial charge in [0, 0.05) is 28.9 Å². The second-order valence-electron chi connectivity index (χ2n) is 3.99. The second kappa shape index (κ2) is 4.92. The molecule has 0 fully saturated rings. The predicted molar refractivity (Wildman–Crippen MR) is 75.7 cm³/mol. The highest BCUT2D eigenvalue weighted by atomic mass is 35.5. The summed E-state index contributed by atoms with van der Waals surface area (Å²) in [5.74, 6) is 0. The Kier molecular flexibility index (Phi) is 3.70. The van der Waals surface area contributed by atoms with Crippen LogP contribution < -0.4 is 0 Å². The Labute approximate surface area is 112 Å². The van der Waals surface area contributed by atoms with Gasteiger partial charge < -0.3 is 9.55 Å². The molecule has 1 N–H and O–H groups in total. The molecule has 2 atom stereocenters. The number of benzene rings is 1. The summed E-state index contributed by atoms with van der Waals surface area (Å²) in [6.45, 7) is 2.54. The van der Waals surface area contributed by atoms with Gasteiger partial charge in [0.15, 0.2) is 4.77 Å². The maximum atomic E-state index is 11.4. The number of H-pyrrole nitrogens is 1. The van der Waals surface area contributed by atoms with Crippen molar-refractivity contribution in [2.45, 2.75) is 18.7 Å². The zero-order valence-corrected chi connectivity index (χ0v) is 12.0. The third-order valence-corrected chi connectivity index (χ3v) is 4.66. The van der Waals surface area contributed by atoms with Crippen molar-refractivity contribution in [2.75, 3.05) is 6.26 Å². The maximum Gasteiger partial charge on any atom is 0.178 e. The number of halogens is 1. The molecule has 0 bridgehead atoms. The van der Waals surface area contributed by atoms with Crippen molar-refractivity contribution in [2.24, 2.45) is 0 Å². The molecule has 0 spiro atoms. The summed E-state index contributed by atoms with van der Waals surface area (Å²) >= 11 is 11.4. The lowest BCUT2D eigenvalue weighted by Gasteiger charge is -2.10. The molecule has 1 aromatic heterocycles. The number of hydrogen-bond donors (Lipinski definition) is 1. The number of nitrogens with one attached hydrogen (secondary N) is 1. The average molecular weight is 289 g/mol. The van der Waals surface area contributed by atoms with Crippen LogP contribution in [0.25, 0.3) is 11.0 Å². The molecule has 0 aliphatic rings. The lowest BCUT2D eigenvalue weighted by atomic mass is 10.3. The topological polar surface area (TPSA) is 37.8 Å². The van der Waals surface area contributed by atoms with E-state index < -0.39 is 10.8 Å². The number of para-hydroxylation sites is 1. The Morgan fingerprint density at radius 3 is 2.94 bits per heavy atom. The SMILES string of the molecule is CC(Cn1c(=S)[nH]c2cccc(Cl)c21)S(C)=O. The first-order valence-electron chi connectivity index (χ1n) is 5.20. The van der Waals surface area contributed by atoms with Crippen molar-refractivity contribution in [1.29, 1.82) is 0 Å². The lowest BCUT2D eigenvalue weighted by molar-refractivity contribution is 0.647. The Hall–Kier alpha value is -0.650. The second-order valence-corrected chi connectivity index (χ2v) is 6.58. The number of aromatic nitrogens is 2. The van der Waals surface area contributed by atoms with E-state index in [1.54, 1.807) is 6.26 Å². The van der Waals surface area contributed by atoms with Crippen molar-refractivity contribution < 1.29 is 4.21 Å². The summed E-state index contributed by atoms with van der Waals surface area (Å²) in [6, 6.07) is 5.64. The highest BCUT2D eigenvalue weighted by molar-refractivity contribution is 7.84. The Morgan fingerprint density at radius 2 is 2.29 bits per heavy atom. The number of rotatable bonds is 3. The van der Waals surface area contributed by atoms with E-state index in [2.05, 4.69) is 4.98 Å². The minimum atomic E-state index is -0.877. The van der Waals surface area contributed by atoms with Crippen LogP contribution in [-0.4, -0.2) is 25.3 Å². The number of imidazole rings is 1. The molecule has 1 aromatic carbocycles. The third-order valence-electron chi connectivity index (χ3n) is 2.75. The van der Waals surface area contributed by atoms with Gasteiger partial charge in [0.25, 0.3) is 0 Å². The van der Waals surface area contributed by atoms with Gasteiger partial charge in [0.2, 0.25) is 0 Å². The summed E-state index contributed by atoms with van der Waals surface area (Å²) in [5.41, 5.74) is 1.80. The molecular formula is C11H13ClN2OS2. The Balaban J connectivity index is 2.57. The van der Waals surface area contributed by atoms with Crippen LogP contribution in [0.5, 0.6) is 0 Å². The summed E-state index contributed by atoms with van der Waals surface area (Å²) in [6.07, 6.45) is 1.70. The van der Waals surface area contributed by atoms with E-state index in [9.17, 15) is 4.21 Å². The largest absolute Gasteiger partial charge is 0.331 e. The molecule has 1 heterocycles. The van der Waals surface area contributed by atoms with Crippen molar-refractivity contribution >= 4 is 45.7 Å². The van der Waals surface area contributed by atoms with Crippen molar-refractivity contribution in [3.63, 3.8) is 0 Å². The molecule has 2 aromatic rings. The summed E-state index contributed by atoms with van der Waals surface area (Å²) < 4.78 is 14.0. The molecule has 6 heteroatoms. The fourth-order valence-corrected chi connectivity index (χ4v) is 2.62. The maximum absolute atomic E-state index is 11.4. The highest BCUT2D eigenvalue weighted by Crippen LogP contribution is 2.23. The van der Waals surface area contributed by atoms with Crippen LogP contribution in [0.4, 0.5) is 0 Å². The van der Waals surface area contributed by atoms with E-state index in [0.717, 1.165) is 11.0 Å². The molecule has 0 saturated heterocycles. The first-order chi connectivity index (χ1) is 8.00. The Bertz CT molecular complexity index is 632. The van der Waals surface area contributed by atoms with Crippen LogP contribution in [-0.2, 0) is 17.3 Å². The van der Waals surface area contributed by atoms with Gasteiger partial charge in [-0.05, 0) is 31.3 Å². The van der Waals surface area contributed by atoms with Gasteiger partial charge in [0.1, 0.15) is 0 Å². The fourth-order valence-electron chi connectivity index (χ4n) is 1.71. The monoisotopic (exact) mass is 288 g/mol. The predicted octanol–water partition coefficient (Wildman–Crippen LogP) is 3.12. The molecule has 17 heavy (non-hydrogen) atoms. The standard InChI is InChI=1S/C11H13ClN2OS2/c1-7(17(2)15)6-14-10-8(12)4-3-5-9(10)13-11(14)16/h3-5,7H,6H2,1-2H3,(H,13,16). The lowest BCUT2D eigenvalue weighted by Crippen LogP contribution is -2.17. The molecular weight excluding hydrogens is 276 g/mol. The smallest absolute Gasteiger partial charge is 0.178 e. The number of hydrogen-bond acceptors (Lipinski definition) is 2. The summed E-state index contributed by atoms with van der Waals surface area (Å²) in [4.78, 5) is 3.11. The molecule has 2 rings (SSSR count). The van der Waals surface area contributed by atoms with E-state index >= 15 is 0 Å². The van der Waals surface area contributed by atoms with Crippen LogP contribution in [0.15, 0.2) is 18.2 Å². The van der Waals surface area contributed by atoms with Crippen molar-refractivity contribution in [3.05, 3.63) is 28.0 Å². The Morgan fingerprint density at radius 1 is 1.59 bits per heavy atom. The van der Waals surface area contributed by atoms with E-state index in [0.29, 0.717) is 16.3 Å². The molecule has 0 aliphatic carbocycles. The van der Waals surface area contributed by atoms with Gasteiger partial charge in [-0.15, -0.1) is 0 Å². The van der Waals surface area contributed by atoms with Crippen LogP contribution in [0, 0.1) is 4.77 Å². The van der Waals surface area contributed by atoms with Crippen LogP contribution in [0.3, 0.4) is 0 Å². The molecule has 2 unspecified atom stereocenters. The average Bonchev–Trinajstić information content (AvgIpc) is 2.56. The first kappa shape index (κ1) is 12.8. The minimum Gasteiger partial charge on any atom is -0.331 e. The molecule has 92 valence electrons. The number of aromatic amines is 1. The van der Waals surface area contributed by atoms with Crippen LogP contribution >= 0.6 is 23.8 Å². The normalized spacial score (nSPS) is 15.0. The van der Waals surface area contributed by atoms with Gasteiger partial charge in [-0.25, -0.2) is 0 Å². The van der Waals surface area contributed by atoms with E-state index in [-0.39, 0.29) is 5.25 Å². The quantitative estimate of drug-likeness (QED) is 0.881. The summed E-state index contributed by atoms with van der Waals surface area (Å²) in [5, 5.41) is 0.695. The van der Waals surface area contributed by atoms with E-state index in [1.165, 1.54) is 0 Å². The van der Waals surface area contributed by atoms with Crippen molar-refractivity contribution in [3.8, 4) is 0 Å². The molecule has 0 amide bonds. The van der Waals surface area contributed by atoms with Crippen molar-refractivity contribution in [1.82, 2.24) is 9.55 Å². The van der Waals surface area contributed by atoms with Gasteiger partial charge in [0.05, 0.1) is 16.1 Å². The highest BCUT2D eigenvalue weighted by Gasteiger charge is 2.12. The zero-order valence-electron chi connectivity index (χ0n) is 9.57. The molecule has 3 nitrogen and oxygen atoms in total. The van der Waals surface area contributed by atoms with Gasteiger partial charge in [-0.1, -0.05) is 17.7 Å². The van der Waals surface area contributed by atoms with Gasteiger partial charge in [-0.2, -0.15) is 0 Å². The van der Waals surface area contributed by atoms with Crippen LogP contribution in [0.1, 0.15) is 6.92 Å². The molecule has 0 saturated carbocycles. The molecule has 0 radical (unpaired) electrons. The minimum absolute atomic E-state index is 0.0389. The fraction of sp³-hybridized carbons (Fsp3) is 0.364. The third kappa shape index (κ3) is 2.46. The summed E-state index contributed by atoms with van der Waals surface area (Å²) in [7, 11) is -0.877. The molecule has 0 aliphatic heterocycles. The van der Waals surface area contributed by atoms with E-state index in [4.69, 9.17) is 23.8 Å². The zero-order chi connectivity index (χ0) is 12.6. The van der Waals surface area contributed by atoms with Gasteiger partial charge >= 0.3 is 0 Å². The van der Waals surface area contributed by atoms with Gasteiger partial charge in [-0.3, -0.25) is 4.21 Å². The first-order valence-corrected chi connectivity index (χ1v) is 7.60.